The average molecular weight is 341 g/mol. The first-order chi connectivity index (χ1) is 12.3. The van der Waals surface area contributed by atoms with E-state index in [4.69, 9.17) is 4.74 Å². The maximum absolute atomic E-state index is 9.49. The molecule has 1 aliphatic heterocycles. The predicted molar refractivity (Wildman–Crippen MR) is 98.4 cm³/mol. The number of aliphatic hydroxyl groups excluding tert-OH is 1. The third-order valence-electron chi connectivity index (χ3n) is 4.80. The standard InChI is InChI=1S/C20H27N3O2/c1-25-20-6-2-4-17(12-20)15-23-10-9-22(16-19(23)7-11-24)14-18-5-3-8-21-13-18/h2-6,8,12-13,19,24H,7,9-11,14-16H2,1H3/t19-/m1/s1. The summed E-state index contributed by atoms with van der Waals surface area (Å²) < 4.78 is 5.33. The van der Waals surface area contributed by atoms with E-state index in [1.165, 1.54) is 11.1 Å². The van der Waals surface area contributed by atoms with Gasteiger partial charge in [0.05, 0.1) is 7.11 Å². The van der Waals surface area contributed by atoms with Crippen LogP contribution in [0.25, 0.3) is 0 Å². The van der Waals surface area contributed by atoms with Gasteiger partial charge in [0.25, 0.3) is 0 Å². The second kappa shape index (κ2) is 8.94. The Morgan fingerprint density at radius 1 is 1.16 bits per heavy atom. The number of rotatable bonds is 7. The van der Waals surface area contributed by atoms with Crippen molar-refractivity contribution in [3.05, 3.63) is 59.9 Å². The van der Waals surface area contributed by atoms with E-state index in [1.54, 1.807) is 7.11 Å². The van der Waals surface area contributed by atoms with Crippen LogP contribution in [0.3, 0.4) is 0 Å². The summed E-state index contributed by atoms with van der Waals surface area (Å²) in [5.41, 5.74) is 2.49. The molecule has 1 fully saturated rings. The van der Waals surface area contributed by atoms with E-state index in [1.807, 2.05) is 30.6 Å². The van der Waals surface area contributed by atoms with Crippen LogP contribution in [0.1, 0.15) is 17.5 Å². The molecule has 1 atom stereocenters. The largest absolute Gasteiger partial charge is 0.497 e. The Labute approximate surface area is 149 Å². The van der Waals surface area contributed by atoms with Gasteiger partial charge in [-0.05, 0) is 35.7 Å². The number of pyridine rings is 1. The zero-order valence-corrected chi connectivity index (χ0v) is 14.8. The molecule has 1 aliphatic rings. The summed E-state index contributed by atoms with van der Waals surface area (Å²) >= 11 is 0. The van der Waals surface area contributed by atoms with E-state index in [0.717, 1.165) is 44.9 Å². The molecule has 1 aromatic carbocycles. The van der Waals surface area contributed by atoms with E-state index in [0.29, 0.717) is 6.04 Å². The summed E-state index contributed by atoms with van der Waals surface area (Å²) in [6.07, 6.45) is 4.54. The molecule has 0 aliphatic carbocycles. The van der Waals surface area contributed by atoms with Crippen LogP contribution in [0.5, 0.6) is 5.75 Å². The Kier molecular flexibility index (Phi) is 6.39. The Morgan fingerprint density at radius 3 is 2.80 bits per heavy atom. The Morgan fingerprint density at radius 2 is 2.04 bits per heavy atom. The molecule has 5 heteroatoms. The van der Waals surface area contributed by atoms with Gasteiger partial charge in [-0.3, -0.25) is 14.8 Å². The van der Waals surface area contributed by atoms with Crippen molar-refractivity contribution in [2.45, 2.75) is 25.6 Å². The smallest absolute Gasteiger partial charge is 0.119 e. The predicted octanol–water partition coefficient (Wildman–Crippen LogP) is 2.16. The van der Waals surface area contributed by atoms with Gasteiger partial charge >= 0.3 is 0 Å². The second-order valence-electron chi connectivity index (χ2n) is 6.58. The lowest BCUT2D eigenvalue weighted by atomic mass is 10.1. The van der Waals surface area contributed by atoms with Gasteiger partial charge < -0.3 is 9.84 Å². The van der Waals surface area contributed by atoms with Crippen molar-refractivity contribution < 1.29 is 9.84 Å². The summed E-state index contributed by atoms with van der Waals surface area (Å²) in [5, 5.41) is 9.49. The van der Waals surface area contributed by atoms with E-state index in [2.05, 4.69) is 33.0 Å². The number of piperazine rings is 1. The molecule has 3 rings (SSSR count). The second-order valence-corrected chi connectivity index (χ2v) is 6.58. The van der Waals surface area contributed by atoms with Crippen molar-refractivity contribution in [1.29, 1.82) is 0 Å². The number of benzene rings is 1. The van der Waals surface area contributed by atoms with Gasteiger partial charge in [0, 0.05) is 57.8 Å². The Balaban J connectivity index is 1.63. The molecule has 0 amide bonds. The molecule has 2 heterocycles. The number of hydrogen-bond acceptors (Lipinski definition) is 5. The van der Waals surface area contributed by atoms with E-state index < -0.39 is 0 Å². The van der Waals surface area contributed by atoms with Crippen LogP contribution < -0.4 is 4.74 Å². The fourth-order valence-corrected chi connectivity index (χ4v) is 3.49. The molecule has 0 saturated carbocycles. The van der Waals surface area contributed by atoms with E-state index in [9.17, 15) is 5.11 Å². The van der Waals surface area contributed by atoms with Crippen LogP contribution in [0, 0.1) is 0 Å². The summed E-state index contributed by atoms with van der Waals surface area (Å²) in [6.45, 7) is 5.04. The van der Waals surface area contributed by atoms with Crippen LogP contribution in [0.2, 0.25) is 0 Å². The molecule has 134 valence electrons. The average Bonchev–Trinajstić information content (AvgIpc) is 2.65. The van der Waals surface area contributed by atoms with Crippen molar-refractivity contribution in [3.8, 4) is 5.75 Å². The lowest BCUT2D eigenvalue weighted by Gasteiger charge is -2.41. The first-order valence-electron chi connectivity index (χ1n) is 8.87. The molecule has 1 saturated heterocycles. The highest BCUT2D eigenvalue weighted by Gasteiger charge is 2.26. The molecule has 25 heavy (non-hydrogen) atoms. The molecular weight excluding hydrogens is 314 g/mol. The van der Waals surface area contributed by atoms with Crippen LogP contribution in [0.15, 0.2) is 48.8 Å². The van der Waals surface area contributed by atoms with Crippen LogP contribution in [-0.4, -0.2) is 59.3 Å². The maximum atomic E-state index is 9.49. The van der Waals surface area contributed by atoms with Gasteiger partial charge in [0.1, 0.15) is 5.75 Å². The zero-order chi connectivity index (χ0) is 17.5. The lowest BCUT2D eigenvalue weighted by molar-refractivity contribution is 0.0499. The fourth-order valence-electron chi connectivity index (χ4n) is 3.49. The molecule has 1 aromatic heterocycles. The SMILES string of the molecule is COc1cccc(CN2CCN(Cc3cccnc3)C[C@H]2CCO)c1. The minimum Gasteiger partial charge on any atom is -0.497 e. The number of aliphatic hydroxyl groups is 1. The molecule has 1 N–H and O–H groups in total. The summed E-state index contributed by atoms with van der Waals surface area (Å²) in [4.78, 5) is 9.14. The number of methoxy groups -OCH3 is 1. The highest BCUT2D eigenvalue weighted by Crippen LogP contribution is 2.20. The fraction of sp³-hybridized carbons (Fsp3) is 0.450. The van der Waals surface area contributed by atoms with Crippen molar-refractivity contribution >= 4 is 0 Å². The van der Waals surface area contributed by atoms with Gasteiger partial charge in [0.2, 0.25) is 0 Å². The molecule has 0 spiro atoms. The Bertz CT molecular complexity index is 650. The van der Waals surface area contributed by atoms with Crippen LogP contribution in [0.4, 0.5) is 0 Å². The van der Waals surface area contributed by atoms with Crippen LogP contribution >= 0.6 is 0 Å². The van der Waals surface area contributed by atoms with Gasteiger partial charge in [-0.15, -0.1) is 0 Å². The lowest BCUT2D eigenvalue weighted by Crippen LogP contribution is -2.52. The maximum Gasteiger partial charge on any atom is 0.119 e. The molecule has 0 bridgehead atoms. The molecular formula is C20H27N3O2. The minimum atomic E-state index is 0.222. The van der Waals surface area contributed by atoms with Gasteiger partial charge in [-0.2, -0.15) is 0 Å². The number of aromatic nitrogens is 1. The molecule has 0 radical (unpaired) electrons. The van der Waals surface area contributed by atoms with E-state index in [-0.39, 0.29) is 6.61 Å². The summed E-state index contributed by atoms with van der Waals surface area (Å²) in [5.74, 6) is 0.895. The van der Waals surface area contributed by atoms with Gasteiger partial charge in [-0.1, -0.05) is 18.2 Å². The van der Waals surface area contributed by atoms with Crippen LogP contribution in [-0.2, 0) is 13.1 Å². The summed E-state index contributed by atoms with van der Waals surface area (Å²) in [7, 11) is 1.70. The summed E-state index contributed by atoms with van der Waals surface area (Å²) in [6, 6.07) is 12.7. The highest BCUT2D eigenvalue weighted by molar-refractivity contribution is 5.28. The van der Waals surface area contributed by atoms with Gasteiger partial charge in [0.15, 0.2) is 0 Å². The number of ether oxygens (including phenoxy) is 1. The normalized spacial score (nSPS) is 19.0. The quantitative estimate of drug-likeness (QED) is 0.836. The molecule has 2 aromatic rings. The van der Waals surface area contributed by atoms with E-state index >= 15 is 0 Å². The molecule has 5 nitrogen and oxygen atoms in total. The van der Waals surface area contributed by atoms with Crippen molar-refractivity contribution in [2.24, 2.45) is 0 Å². The monoisotopic (exact) mass is 341 g/mol. The minimum absolute atomic E-state index is 0.222. The highest BCUT2D eigenvalue weighted by atomic mass is 16.5. The third kappa shape index (κ3) is 5.01. The topological polar surface area (TPSA) is 48.8 Å². The van der Waals surface area contributed by atoms with Crippen molar-refractivity contribution in [1.82, 2.24) is 14.8 Å². The first kappa shape index (κ1) is 17.9. The van der Waals surface area contributed by atoms with Crippen molar-refractivity contribution in [2.75, 3.05) is 33.4 Å². The first-order valence-corrected chi connectivity index (χ1v) is 8.87. The Hall–Kier alpha value is -1.95. The molecule has 0 unspecified atom stereocenters. The number of nitrogens with zero attached hydrogens (tertiary/aromatic N) is 3. The van der Waals surface area contributed by atoms with Crippen molar-refractivity contribution in [3.63, 3.8) is 0 Å². The number of hydrogen-bond donors (Lipinski definition) is 1. The zero-order valence-electron chi connectivity index (χ0n) is 14.8. The third-order valence-corrected chi connectivity index (χ3v) is 4.80. The van der Waals surface area contributed by atoms with Gasteiger partial charge in [-0.25, -0.2) is 0 Å².